The Morgan fingerprint density at radius 3 is 2.62 bits per heavy atom. The van der Waals surface area contributed by atoms with E-state index in [9.17, 15) is 9.59 Å². The molecule has 2 fully saturated rings. The molecule has 0 radical (unpaired) electrons. The van der Waals surface area contributed by atoms with Crippen LogP contribution in [0.2, 0.25) is 0 Å². The minimum atomic E-state index is -0.0758. The van der Waals surface area contributed by atoms with E-state index in [1.54, 1.807) is 11.8 Å². The molecule has 1 aromatic carbocycles. The van der Waals surface area contributed by atoms with Crippen molar-refractivity contribution in [2.75, 3.05) is 55.7 Å². The van der Waals surface area contributed by atoms with Gasteiger partial charge in [0.25, 0.3) is 0 Å². The van der Waals surface area contributed by atoms with Crippen LogP contribution in [-0.4, -0.2) is 74.9 Å². The molecule has 2 N–H and O–H groups in total. The monoisotopic (exact) mass is 439 g/mol. The molecule has 0 bridgehead atoms. The molecule has 1 saturated heterocycles. The van der Waals surface area contributed by atoms with Gasteiger partial charge in [0.05, 0.1) is 30.6 Å². The minimum absolute atomic E-state index is 0.0300. The lowest BCUT2D eigenvalue weighted by Gasteiger charge is -2.41. The summed E-state index contributed by atoms with van der Waals surface area (Å²) in [5.41, 5.74) is 3.11. The summed E-state index contributed by atoms with van der Waals surface area (Å²) in [6.45, 7) is 9.20. The fraction of sp³-hybridized carbons (Fsp3) is 0.542. The Morgan fingerprint density at radius 1 is 1.22 bits per heavy atom. The smallest absolute Gasteiger partial charge is 0.230 e. The van der Waals surface area contributed by atoms with Crippen molar-refractivity contribution >= 4 is 35.0 Å². The number of rotatable bonds is 7. The van der Waals surface area contributed by atoms with Crippen LogP contribution in [0.4, 0.5) is 11.4 Å². The van der Waals surface area contributed by atoms with E-state index in [4.69, 9.17) is 10.1 Å². The molecule has 1 saturated carbocycles. The first-order valence-electron chi connectivity index (χ1n) is 11.5. The zero-order chi connectivity index (χ0) is 22.7. The van der Waals surface area contributed by atoms with Crippen LogP contribution >= 0.6 is 0 Å². The lowest BCUT2D eigenvalue weighted by atomic mass is 10.0. The molecular weight excluding hydrogens is 406 g/mol. The summed E-state index contributed by atoms with van der Waals surface area (Å²) in [6, 6.07) is 5.69. The lowest BCUT2D eigenvalue weighted by Crippen LogP contribution is -2.51. The summed E-state index contributed by atoms with van der Waals surface area (Å²) in [4.78, 5) is 31.3. The third-order valence-corrected chi connectivity index (χ3v) is 6.37. The van der Waals surface area contributed by atoms with Crippen LogP contribution in [0.1, 0.15) is 32.3 Å². The number of benzene rings is 1. The Morgan fingerprint density at radius 2 is 1.97 bits per heavy atom. The van der Waals surface area contributed by atoms with Crippen LogP contribution < -0.4 is 15.1 Å². The number of amides is 2. The quantitative estimate of drug-likeness (QED) is 0.502. The average Bonchev–Trinajstić information content (AvgIpc) is 3.64. The molecule has 4 rings (SSSR count). The van der Waals surface area contributed by atoms with Gasteiger partial charge in [0.1, 0.15) is 0 Å². The van der Waals surface area contributed by atoms with Gasteiger partial charge in [-0.25, -0.2) is 0 Å². The number of allylic oxidation sites excluding steroid dienone is 1. The number of carbonyl (C=O) groups excluding carboxylic acids is 2. The van der Waals surface area contributed by atoms with Crippen LogP contribution in [0.5, 0.6) is 0 Å². The maximum atomic E-state index is 13.0. The number of ether oxygens (including phenoxy) is 1. The molecule has 8 nitrogen and oxygen atoms in total. The first kappa shape index (κ1) is 22.5. The van der Waals surface area contributed by atoms with Crippen molar-refractivity contribution in [1.82, 2.24) is 10.2 Å². The van der Waals surface area contributed by atoms with Gasteiger partial charge >= 0.3 is 0 Å². The van der Waals surface area contributed by atoms with Gasteiger partial charge in [-0.3, -0.25) is 14.5 Å². The number of nitrogens with zero attached hydrogens (tertiary/aromatic N) is 3. The van der Waals surface area contributed by atoms with Crippen LogP contribution in [0.25, 0.3) is 5.57 Å². The fourth-order valence-electron chi connectivity index (χ4n) is 4.48. The predicted octanol–water partition coefficient (Wildman–Crippen LogP) is 2.10. The Balaban J connectivity index is 1.54. The fourth-order valence-corrected chi connectivity index (χ4v) is 4.48. The molecule has 1 unspecified atom stereocenters. The second-order valence-corrected chi connectivity index (χ2v) is 8.82. The molecule has 1 aliphatic carbocycles. The van der Waals surface area contributed by atoms with Crippen molar-refractivity contribution in [3.05, 3.63) is 30.0 Å². The van der Waals surface area contributed by atoms with E-state index < -0.39 is 0 Å². The first-order valence-corrected chi connectivity index (χ1v) is 11.5. The van der Waals surface area contributed by atoms with Gasteiger partial charge in [0.15, 0.2) is 0 Å². The Bertz CT molecular complexity index is 905. The van der Waals surface area contributed by atoms with Gasteiger partial charge in [-0.05, 0) is 37.5 Å². The number of morpholine rings is 1. The lowest BCUT2D eigenvalue weighted by molar-refractivity contribution is -0.120. The van der Waals surface area contributed by atoms with Crippen LogP contribution in [-0.2, 0) is 14.3 Å². The van der Waals surface area contributed by atoms with Crippen molar-refractivity contribution in [3.63, 3.8) is 0 Å². The summed E-state index contributed by atoms with van der Waals surface area (Å²) >= 11 is 0. The molecule has 0 spiro atoms. The van der Waals surface area contributed by atoms with Gasteiger partial charge in [0, 0.05) is 63.6 Å². The second kappa shape index (κ2) is 9.83. The van der Waals surface area contributed by atoms with E-state index in [1.807, 2.05) is 36.2 Å². The Labute approximate surface area is 189 Å². The van der Waals surface area contributed by atoms with Crippen molar-refractivity contribution < 1.29 is 14.3 Å². The van der Waals surface area contributed by atoms with E-state index in [0.29, 0.717) is 6.54 Å². The third-order valence-electron chi connectivity index (χ3n) is 6.37. The molecule has 8 heteroatoms. The molecule has 172 valence electrons. The summed E-state index contributed by atoms with van der Waals surface area (Å²) < 4.78 is 5.38. The molecule has 2 aliphatic heterocycles. The van der Waals surface area contributed by atoms with Gasteiger partial charge in [0.2, 0.25) is 11.8 Å². The van der Waals surface area contributed by atoms with E-state index in [1.165, 1.54) is 6.21 Å². The van der Waals surface area contributed by atoms with Crippen molar-refractivity contribution in [2.24, 2.45) is 5.92 Å². The second-order valence-electron chi connectivity index (χ2n) is 8.82. The predicted molar refractivity (Wildman–Crippen MR) is 126 cm³/mol. The third kappa shape index (κ3) is 4.86. The van der Waals surface area contributed by atoms with E-state index in [-0.39, 0.29) is 23.8 Å². The first-order chi connectivity index (χ1) is 15.5. The highest BCUT2D eigenvalue weighted by Gasteiger charge is 2.39. The molecule has 1 atom stereocenters. The number of hydrogen-bond donors (Lipinski definition) is 2. The maximum absolute atomic E-state index is 13.0. The largest absolute Gasteiger partial charge is 0.389 e. The van der Waals surface area contributed by atoms with Gasteiger partial charge in [-0.2, -0.15) is 0 Å². The zero-order valence-corrected chi connectivity index (χ0v) is 19.0. The SMILES string of the molecule is CC(=O)N1c2ccc(/C(C=N)=C/NCCN3CCOCC3)cc2N(C(=O)C2CC2)CC1C. The molecule has 3 aliphatic rings. The van der Waals surface area contributed by atoms with Crippen LogP contribution in [0, 0.1) is 11.3 Å². The van der Waals surface area contributed by atoms with Crippen molar-refractivity contribution in [1.29, 1.82) is 5.41 Å². The van der Waals surface area contributed by atoms with Crippen molar-refractivity contribution in [2.45, 2.75) is 32.7 Å². The van der Waals surface area contributed by atoms with Gasteiger partial charge in [-0.1, -0.05) is 6.07 Å². The number of carbonyl (C=O) groups is 2. The Kier molecular flexibility index (Phi) is 6.91. The zero-order valence-electron chi connectivity index (χ0n) is 19.0. The Hall–Kier alpha value is -2.71. The normalized spacial score (nSPS) is 21.8. The number of hydrogen-bond acceptors (Lipinski definition) is 6. The molecule has 32 heavy (non-hydrogen) atoms. The van der Waals surface area contributed by atoms with E-state index >= 15 is 0 Å². The molecular formula is C24H33N5O3. The summed E-state index contributed by atoms with van der Waals surface area (Å²) in [6.07, 6.45) is 5.06. The highest BCUT2D eigenvalue weighted by molar-refractivity contribution is 6.10. The number of anilines is 2. The summed E-state index contributed by atoms with van der Waals surface area (Å²) in [5, 5.41) is 11.2. The van der Waals surface area contributed by atoms with Crippen LogP contribution in [0.3, 0.4) is 0 Å². The number of nitrogens with one attached hydrogen (secondary N) is 2. The van der Waals surface area contributed by atoms with E-state index in [2.05, 4.69) is 10.2 Å². The van der Waals surface area contributed by atoms with Crippen molar-refractivity contribution in [3.8, 4) is 0 Å². The van der Waals surface area contributed by atoms with E-state index in [0.717, 1.165) is 74.7 Å². The molecule has 2 amide bonds. The standard InChI is InChI=1S/C24H33N5O3/c1-17-16-28(24(31)19-3-4-19)23-13-20(5-6-22(23)29(17)18(2)30)21(14-25)15-26-7-8-27-9-11-32-12-10-27/h5-6,13-15,17,19,25-26H,3-4,7-12,16H2,1-2H3/b21-15+,25-14?. The molecule has 0 aromatic heterocycles. The average molecular weight is 440 g/mol. The minimum Gasteiger partial charge on any atom is -0.389 e. The maximum Gasteiger partial charge on any atom is 0.230 e. The highest BCUT2D eigenvalue weighted by Crippen LogP contribution is 2.41. The number of fused-ring (bicyclic) bond motifs is 1. The molecule has 1 aromatic rings. The van der Waals surface area contributed by atoms with Crippen LogP contribution in [0.15, 0.2) is 24.4 Å². The topological polar surface area (TPSA) is 89.0 Å². The van der Waals surface area contributed by atoms with Gasteiger partial charge in [-0.15, -0.1) is 0 Å². The molecule has 2 heterocycles. The van der Waals surface area contributed by atoms with Gasteiger partial charge < -0.3 is 25.3 Å². The summed E-state index contributed by atoms with van der Waals surface area (Å²) in [5.74, 6) is 0.210. The highest BCUT2D eigenvalue weighted by atomic mass is 16.5. The summed E-state index contributed by atoms with van der Waals surface area (Å²) in [7, 11) is 0.